The number of carbonyl (C=O) groups is 1. The molecule has 2 heterocycles. The van der Waals surface area contributed by atoms with Gasteiger partial charge in [0.15, 0.2) is 0 Å². The van der Waals surface area contributed by atoms with Crippen LogP contribution in [0.2, 0.25) is 5.02 Å². The van der Waals surface area contributed by atoms with E-state index in [1.165, 1.54) is 36.6 Å². The fraction of sp³-hybridized carbons (Fsp3) is 0.462. The second-order valence-corrected chi connectivity index (χ2v) is 11.6. The van der Waals surface area contributed by atoms with E-state index < -0.39 is 0 Å². The third kappa shape index (κ3) is 5.26. The van der Waals surface area contributed by atoms with Crippen LogP contribution < -0.4 is 5.73 Å². The van der Waals surface area contributed by atoms with Crippen molar-refractivity contribution in [1.82, 2.24) is 9.88 Å². The van der Waals surface area contributed by atoms with Crippen LogP contribution >= 0.6 is 48.0 Å². The van der Waals surface area contributed by atoms with Crippen LogP contribution in [0.5, 0.6) is 0 Å². The van der Waals surface area contributed by atoms with Crippen molar-refractivity contribution in [2.75, 3.05) is 6.54 Å². The summed E-state index contributed by atoms with van der Waals surface area (Å²) < 4.78 is 0.720. The largest absolute Gasteiger partial charge is 0.355 e. The van der Waals surface area contributed by atoms with Crippen LogP contribution in [0.4, 0.5) is 0 Å². The van der Waals surface area contributed by atoms with Gasteiger partial charge in [0.1, 0.15) is 4.32 Å². The lowest BCUT2D eigenvalue weighted by Gasteiger charge is -2.30. The first-order valence-corrected chi connectivity index (χ1v) is 13.6. The second-order valence-electron chi connectivity index (χ2n) is 9.52. The minimum absolute atomic E-state index is 0. The van der Waals surface area contributed by atoms with E-state index in [4.69, 9.17) is 29.6 Å². The van der Waals surface area contributed by atoms with Crippen LogP contribution in [0.1, 0.15) is 56.2 Å². The van der Waals surface area contributed by atoms with Gasteiger partial charge in [-0.2, -0.15) is 0 Å². The number of rotatable bonds is 8. The Morgan fingerprint density at radius 2 is 1.97 bits per heavy atom. The van der Waals surface area contributed by atoms with Gasteiger partial charge >= 0.3 is 0 Å². The Balaban J connectivity index is 0.00000274. The molecule has 0 radical (unpaired) electrons. The maximum Gasteiger partial charge on any atom is 0.266 e. The van der Waals surface area contributed by atoms with Crippen LogP contribution in [0, 0.1) is 11.8 Å². The van der Waals surface area contributed by atoms with Crippen LogP contribution in [0.3, 0.4) is 0 Å². The molecule has 1 saturated heterocycles. The molecule has 8 heteroatoms. The van der Waals surface area contributed by atoms with E-state index in [2.05, 4.69) is 11.1 Å². The van der Waals surface area contributed by atoms with Crippen molar-refractivity contribution in [3.8, 4) is 11.3 Å². The molecule has 3 atom stereocenters. The number of benzene rings is 1. The fourth-order valence-corrected chi connectivity index (χ4v) is 7.18. The zero-order valence-electron chi connectivity index (χ0n) is 19.1. The second kappa shape index (κ2) is 11.2. The van der Waals surface area contributed by atoms with Gasteiger partial charge in [-0.3, -0.25) is 9.69 Å². The van der Waals surface area contributed by atoms with Gasteiger partial charge in [-0.1, -0.05) is 60.6 Å². The molecule has 4 nitrogen and oxygen atoms in total. The lowest BCUT2D eigenvalue weighted by molar-refractivity contribution is -0.124. The summed E-state index contributed by atoms with van der Waals surface area (Å²) >= 11 is 13.2. The first-order valence-electron chi connectivity index (χ1n) is 12.0. The van der Waals surface area contributed by atoms with E-state index in [-0.39, 0.29) is 18.3 Å². The SMILES string of the molecule is Cl.NCCCCCc1cc(-c2ccc(Cl)cc2)[nH]c1/C=C1\SC(=S)N(C2CC3CCC2C3)C1=O. The summed E-state index contributed by atoms with van der Waals surface area (Å²) in [4.78, 5) is 19.6. The molecule has 3 aliphatic rings. The van der Waals surface area contributed by atoms with E-state index >= 15 is 0 Å². The number of H-pyrrole nitrogens is 1. The van der Waals surface area contributed by atoms with Crippen molar-refractivity contribution in [1.29, 1.82) is 0 Å². The molecule has 1 amide bonds. The normalized spacial score (nSPS) is 24.9. The molecular weight excluding hydrogens is 505 g/mol. The standard InChI is InChI=1S/C26H30ClN3OS2.ClH/c27-20-9-7-17(8-10-20)21-14-18(4-2-1-3-11-28)22(29-21)15-24-25(31)30(26(32)33-24)23-13-16-5-6-19(23)12-16;/h7-10,14-16,19,23,29H,1-6,11-13,28H2;1H/b24-15-;. The third-order valence-electron chi connectivity index (χ3n) is 7.37. The van der Waals surface area contributed by atoms with Gasteiger partial charge < -0.3 is 10.7 Å². The molecule has 3 unspecified atom stereocenters. The summed E-state index contributed by atoms with van der Waals surface area (Å²) in [5.74, 6) is 1.48. The molecule has 3 fully saturated rings. The summed E-state index contributed by atoms with van der Waals surface area (Å²) in [6.45, 7) is 0.724. The number of nitrogens with zero attached hydrogens (tertiary/aromatic N) is 1. The highest BCUT2D eigenvalue weighted by molar-refractivity contribution is 8.26. The number of carbonyl (C=O) groups excluding carboxylic acids is 1. The zero-order valence-corrected chi connectivity index (χ0v) is 22.3. The molecule has 5 rings (SSSR count). The maximum absolute atomic E-state index is 13.4. The lowest BCUT2D eigenvalue weighted by atomic mass is 9.94. The Bertz CT molecular complexity index is 1080. The van der Waals surface area contributed by atoms with E-state index in [1.807, 2.05) is 35.2 Å². The minimum atomic E-state index is 0. The molecule has 2 saturated carbocycles. The maximum atomic E-state index is 13.4. The van der Waals surface area contributed by atoms with Crippen LogP contribution in [-0.4, -0.2) is 32.7 Å². The van der Waals surface area contributed by atoms with E-state index in [0.717, 1.165) is 75.8 Å². The lowest BCUT2D eigenvalue weighted by Crippen LogP contribution is -2.41. The summed E-state index contributed by atoms with van der Waals surface area (Å²) in [6, 6.07) is 10.3. The Hall–Kier alpha value is -1.31. The molecule has 0 spiro atoms. The molecule has 2 bridgehead atoms. The molecule has 182 valence electrons. The number of hydrogen-bond acceptors (Lipinski definition) is 4. The van der Waals surface area contributed by atoms with Crippen molar-refractivity contribution >= 4 is 64.3 Å². The van der Waals surface area contributed by atoms with Crippen LogP contribution in [0.25, 0.3) is 17.3 Å². The third-order valence-corrected chi connectivity index (χ3v) is 8.95. The Kier molecular flexibility index (Phi) is 8.47. The van der Waals surface area contributed by atoms with E-state index in [1.54, 1.807) is 0 Å². The highest BCUT2D eigenvalue weighted by Crippen LogP contribution is 2.49. The summed E-state index contributed by atoms with van der Waals surface area (Å²) in [7, 11) is 0. The molecule has 1 aromatic carbocycles. The first kappa shape index (κ1) is 25.8. The van der Waals surface area contributed by atoms with E-state index in [0.29, 0.717) is 12.0 Å². The minimum Gasteiger partial charge on any atom is -0.355 e. The number of nitrogens with two attached hydrogens (primary N) is 1. The summed E-state index contributed by atoms with van der Waals surface area (Å²) in [5, 5.41) is 0.719. The first-order chi connectivity index (χ1) is 16.0. The number of thiocarbonyl (C=S) groups is 1. The van der Waals surface area contributed by atoms with Crippen LogP contribution in [-0.2, 0) is 11.2 Å². The quantitative estimate of drug-likeness (QED) is 0.221. The highest BCUT2D eigenvalue weighted by atomic mass is 35.5. The Labute approximate surface area is 222 Å². The topological polar surface area (TPSA) is 62.1 Å². The number of fused-ring (bicyclic) bond motifs is 2. The summed E-state index contributed by atoms with van der Waals surface area (Å²) in [6.07, 6.45) is 11.1. The van der Waals surface area contributed by atoms with Crippen molar-refractivity contribution in [3.05, 3.63) is 51.5 Å². The fourth-order valence-electron chi connectivity index (χ4n) is 5.69. The average Bonchev–Trinajstić information content (AvgIpc) is 3.57. The number of thioether (sulfide) groups is 1. The highest BCUT2D eigenvalue weighted by Gasteiger charge is 2.48. The predicted octanol–water partition coefficient (Wildman–Crippen LogP) is 6.82. The van der Waals surface area contributed by atoms with Crippen molar-refractivity contribution < 1.29 is 4.79 Å². The molecular formula is C26H31Cl2N3OS2. The monoisotopic (exact) mass is 535 g/mol. The molecule has 1 aliphatic heterocycles. The number of hydrogen-bond donors (Lipinski definition) is 2. The number of unbranched alkanes of at least 4 members (excludes halogenated alkanes) is 2. The van der Waals surface area contributed by atoms with Crippen molar-refractivity contribution in [2.24, 2.45) is 17.6 Å². The predicted molar refractivity (Wildman–Crippen MR) is 149 cm³/mol. The van der Waals surface area contributed by atoms with Crippen LogP contribution in [0.15, 0.2) is 35.2 Å². The molecule has 2 aromatic rings. The van der Waals surface area contributed by atoms with Gasteiger partial charge in [-0.25, -0.2) is 0 Å². The number of amides is 1. The molecule has 1 aromatic heterocycles. The van der Waals surface area contributed by atoms with Gasteiger partial charge in [-0.05, 0) is 92.3 Å². The Morgan fingerprint density at radius 1 is 1.18 bits per heavy atom. The smallest absolute Gasteiger partial charge is 0.266 e. The molecule has 2 aliphatic carbocycles. The van der Waals surface area contributed by atoms with Gasteiger partial charge in [0.25, 0.3) is 5.91 Å². The van der Waals surface area contributed by atoms with Gasteiger partial charge in [0.05, 0.1) is 4.91 Å². The average molecular weight is 537 g/mol. The number of aryl methyl sites for hydroxylation is 1. The van der Waals surface area contributed by atoms with Gasteiger partial charge in [0, 0.05) is 22.5 Å². The number of aromatic nitrogens is 1. The van der Waals surface area contributed by atoms with E-state index in [9.17, 15) is 4.79 Å². The van der Waals surface area contributed by atoms with Crippen molar-refractivity contribution in [3.63, 3.8) is 0 Å². The van der Waals surface area contributed by atoms with Gasteiger partial charge in [-0.15, -0.1) is 12.4 Å². The number of halogens is 2. The number of nitrogens with one attached hydrogen (secondary N) is 1. The zero-order chi connectivity index (χ0) is 22.9. The summed E-state index contributed by atoms with van der Waals surface area (Å²) in [5.41, 5.74) is 10.0. The van der Waals surface area contributed by atoms with Gasteiger partial charge in [0.2, 0.25) is 0 Å². The number of aromatic amines is 1. The van der Waals surface area contributed by atoms with Crippen molar-refractivity contribution in [2.45, 2.75) is 57.4 Å². The Morgan fingerprint density at radius 3 is 2.65 bits per heavy atom. The molecule has 34 heavy (non-hydrogen) atoms. The molecule has 3 N–H and O–H groups in total.